The van der Waals surface area contributed by atoms with E-state index in [4.69, 9.17) is 25.4 Å². The van der Waals surface area contributed by atoms with Gasteiger partial charge in [-0.1, -0.05) is 31.1 Å². The SMILES string of the molecule is C#C/C=C(\C=C(\C)COC)CN1CC(=O)OC(CCCc2ccc(OC(C)(CC)C(=O)OCC)cc2)=N1. The van der Waals surface area contributed by atoms with Gasteiger partial charge < -0.3 is 18.9 Å². The first-order valence-electron chi connectivity index (χ1n) is 12.5. The number of rotatable bonds is 14. The lowest BCUT2D eigenvalue weighted by Gasteiger charge is -2.27. The molecule has 1 aromatic rings. The van der Waals surface area contributed by atoms with Crippen LogP contribution in [0.2, 0.25) is 0 Å². The normalized spacial score (nSPS) is 15.8. The van der Waals surface area contributed by atoms with E-state index in [0.717, 1.165) is 29.6 Å². The molecule has 0 bridgehead atoms. The molecule has 0 aromatic heterocycles. The molecule has 2 rings (SSSR count). The lowest BCUT2D eigenvalue weighted by atomic mass is 10.0. The van der Waals surface area contributed by atoms with Crippen LogP contribution in [0.4, 0.5) is 0 Å². The molecular formula is C29H38N2O6. The molecule has 0 amide bonds. The highest BCUT2D eigenvalue weighted by molar-refractivity contribution is 5.91. The smallest absolute Gasteiger partial charge is 0.350 e. The van der Waals surface area contributed by atoms with Crippen LogP contribution in [-0.2, 0) is 30.2 Å². The van der Waals surface area contributed by atoms with E-state index in [1.165, 1.54) is 0 Å². The third-order valence-electron chi connectivity index (χ3n) is 5.74. The summed E-state index contributed by atoms with van der Waals surface area (Å²) in [7, 11) is 1.63. The van der Waals surface area contributed by atoms with E-state index < -0.39 is 5.60 Å². The molecule has 0 aliphatic carbocycles. The van der Waals surface area contributed by atoms with Crippen molar-refractivity contribution in [3.63, 3.8) is 0 Å². The predicted octanol–water partition coefficient (Wildman–Crippen LogP) is 4.44. The van der Waals surface area contributed by atoms with Crippen molar-refractivity contribution >= 4 is 17.8 Å². The fraction of sp³-hybridized carbons (Fsp3) is 0.483. The van der Waals surface area contributed by atoms with Crippen LogP contribution in [0.25, 0.3) is 0 Å². The maximum Gasteiger partial charge on any atom is 0.350 e. The number of benzene rings is 1. The van der Waals surface area contributed by atoms with Crippen LogP contribution in [0, 0.1) is 12.3 Å². The van der Waals surface area contributed by atoms with Crippen LogP contribution >= 0.6 is 0 Å². The number of allylic oxidation sites excluding steroid dienone is 1. The molecule has 200 valence electrons. The molecule has 37 heavy (non-hydrogen) atoms. The van der Waals surface area contributed by atoms with Crippen LogP contribution in [0.5, 0.6) is 5.75 Å². The van der Waals surface area contributed by atoms with Crippen LogP contribution in [0.3, 0.4) is 0 Å². The molecule has 1 heterocycles. The number of esters is 2. The first-order chi connectivity index (χ1) is 17.7. The van der Waals surface area contributed by atoms with Crippen LogP contribution in [0.1, 0.15) is 52.5 Å². The van der Waals surface area contributed by atoms with Crippen molar-refractivity contribution in [1.29, 1.82) is 0 Å². The second kappa shape index (κ2) is 14.9. The van der Waals surface area contributed by atoms with Crippen molar-refractivity contribution in [2.75, 3.05) is 33.4 Å². The second-order valence-electron chi connectivity index (χ2n) is 9.00. The van der Waals surface area contributed by atoms with E-state index in [0.29, 0.717) is 44.2 Å². The number of ether oxygens (including phenoxy) is 4. The Morgan fingerprint density at radius 3 is 2.62 bits per heavy atom. The number of carbonyl (C=O) groups excluding carboxylic acids is 2. The van der Waals surface area contributed by atoms with Gasteiger partial charge in [0, 0.05) is 13.5 Å². The lowest BCUT2D eigenvalue weighted by Crippen LogP contribution is -2.42. The zero-order chi connectivity index (χ0) is 27.3. The van der Waals surface area contributed by atoms with E-state index >= 15 is 0 Å². The number of hydrogen-bond acceptors (Lipinski definition) is 8. The molecule has 1 unspecified atom stereocenters. The molecule has 0 N–H and O–H groups in total. The predicted molar refractivity (Wildman–Crippen MR) is 143 cm³/mol. The van der Waals surface area contributed by atoms with Crippen molar-refractivity contribution in [2.24, 2.45) is 5.10 Å². The topological polar surface area (TPSA) is 86.7 Å². The highest BCUT2D eigenvalue weighted by Crippen LogP contribution is 2.24. The Morgan fingerprint density at radius 1 is 1.27 bits per heavy atom. The van der Waals surface area contributed by atoms with E-state index in [1.54, 1.807) is 32.0 Å². The number of hydrazone groups is 1. The van der Waals surface area contributed by atoms with Gasteiger partial charge in [-0.15, -0.1) is 11.5 Å². The summed E-state index contributed by atoms with van der Waals surface area (Å²) in [5.41, 5.74) is 1.95. The Bertz CT molecular complexity index is 1050. The molecule has 1 atom stereocenters. The summed E-state index contributed by atoms with van der Waals surface area (Å²) < 4.78 is 21.6. The van der Waals surface area contributed by atoms with Crippen molar-refractivity contribution in [2.45, 2.75) is 59.0 Å². The lowest BCUT2D eigenvalue weighted by molar-refractivity contribution is -0.160. The van der Waals surface area contributed by atoms with Gasteiger partial charge >= 0.3 is 11.9 Å². The summed E-state index contributed by atoms with van der Waals surface area (Å²) in [5, 5.41) is 6.18. The minimum Gasteiger partial charge on any atom is -0.476 e. The Labute approximate surface area is 220 Å². The fourth-order valence-corrected chi connectivity index (χ4v) is 3.72. The minimum absolute atomic E-state index is 0.0620. The number of terminal acetylenes is 1. The maximum atomic E-state index is 12.3. The van der Waals surface area contributed by atoms with Crippen LogP contribution < -0.4 is 4.74 Å². The molecule has 1 aromatic carbocycles. The Hall–Kier alpha value is -3.57. The fourth-order valence-electron chi connectivity index (χ4n) is 3.72. The van der Waals surface area contributed by atoms with E-state index in [1.807, 2.05) is 44.2 Å². The van der Waals surface area contributed by atoms with Gasteiger partial charge in [0.05, 0.1) is 19.8 Å². The molecule has 0 spiro atoms. The average molecular weight is 511 g/mol. The highest BCUT2D eigenvalue weighted by atomic mass is 16.6. The molecule has 8 heteroatoms. The zero-order valence-corrected chi connectivity index (χ0v) is 22.5. The number of aryl methyl sites for hydroxylation is 1. The maximum absolute atomic E-state index is 12.3. The number of methoxy groups -OCH3 is 1. The molecule has 8 nitrogen and oxygen atoms in total. The van der Waals surface area contributed by atoms with E-state index in [2.05, 4.69) is 11.0 Å². The Balaban J connectivity index is 1.95. The summed E-state index contributed by atoms with van der Waals surface area (Å²) >= 11 is 0. The van der Waals surface area contributed by atoms with Gasteiger partial charge in [0.15, 0.2) is 0 Å². The number of cyclic esters (lactones) is 1. The quantitative estimate of drug-likeness (QED) is 0.208. The number of nitrogens with zero attached hydrogens (tertiary/aromatic N) is 2. The molecule has 0 radical (unpaired) electrons. The van der Waals surface area contributed by atoms with Gasteiger partial charge in [0.25, 0.3) is 0 Å². The largest absolute Gasteiger partial charge is 0.476 e. The average Bonchev–Trinajstić information content (AvgIpc) is 2.85. The Morgan fingerprint density at radius 2 is 2.00 bits per heavy atom. The van der Waals surface area contributed by atoms with Gasteiger partial charge in [-0.25, -0.2) is 9.59 Å². The summed E-state index contributed by atoms with van der Waals surface area (Å²) in [6, 6.07) is 7.62. The van der Waals surface area contributed by atoms with Gasteiger partial charge in [-0.2, -0.15) is 0 Å². The molecule has 0 fully saturated rings. The third kappa shape index (κ3) is 9.77. The standard InChI is InChI=1S/C29H38N2O6/c1-7-11-24(18-22(4)21-34-6)19-31-20-27(32)36-26(30-31)13-10-12-23-14-16-25(17-15-23)37-29(5,8-2)28(33)35-9-3/h1,11,14-18H,8-10,12-13,19-21H2,2-6H3/b22-18-,24-11+. The number of carbonyl (C=O) groups is 2. The van der Waals surface area contributed by atoms with Crippen molar-refractivity contribution in [3.8, 4) is 18.1 Å². The zero-order valence-electron chi connectivity index (χ0n) is 22.5. The molecule has 1 aliphatic rings. The van der Waals surface area contributed by atoms with E-state index in [-0.39, 0.29) is 18.5 Å². The third-order valence-corrected chi connectivity index (χ3v) is 5.74. The molecule has 1 aliphatic heterocycles. The summed E-state index contributed by atoms with van der Waals surface area (Å²) in [6.07, 6.45) is 11.6. The monoisotopic (exact) mass is 510 g/mol. The first-order valence-corrected chi connectivity index (χ1v) is 12.5. The van der Waals surface area contributed by atoms with Gasteiger partial charge in [-0.3, -0.25) is 5.01 Å². The minimum atomic E-state index is -1.03. The summed E-state index contributed by atoms with van der Waals surface area (Å²) in [6.45, 7) is 8.61. The van der Waals surface area contributed by atoms with Crippen molar-refractivity contribution < 1.29 is 28.5 Å². The van der Waals surface area contributed by atoms with Crippen LogP contribution in [-0.4, -0.2) is 61.9 Å². The number of hydrogen-bond donors (Lipinski definition) is 0. The molecule has 0 saturated heterocycles. The highest BCUT2D eigenvalue weighted by Gasteiger charge is 2.35. The Kier molecular flexibility index (Phi) is 11.9. The second-order valence-corrected chi connectivity index (χ2v) is 9.00. The van der Waals surface area contributed by atoms with Crippen molar-refractivity contribution in [1.82, 2.24) is 5.01 Å². The molecular weight excluding hydrogens is 472 g/mol. The van der Waals surface area contributed by atoms with Crippen LogP contribution in [0.15, 0.2) is 52.7 Å². The summed E-state index contributed by atoms with van der Waals surface area (Å²) in [5.74, 6) is 2.82. The van der Waals surface area contributed by atoms with Crippen molar-refractivity contribution in [3.05, 3.63) is 53.1 Å². The van der Waals surface area contributed by atoms with E-state index in [9.17, 15) is 9.59 Å². The van der Waals surface area contributed by atoms with Gasteiger partial charge in [0.1, 0.15) is 12.3 Å². The van der Waals surface area contributed by atoms with Gasteiger partial charge in [-0.05, 0) is 75.0 Å². The molecule has 0 saturated carbocycles. The summed E-state index contributed by atoms with van der Waals surface area (Å²) in [4.78, 5) is 24.4. The first kappa shape index (κ1) is 29.7. The van der Waals surface area contributed by atoms with Gasteiger partial charge in [0.2, 0.25) is 11.5 Å².